The van der Waals surface area contributed by atoms with Crippen molar-refractivity contribution < 1.29 is 9.53 Å². The van der Waals surface area contributed by atoms with Gasteiger partial charge >= 0.3 is 0 Å². The van der Waals surface area contributed by atoms with E-state index >= 15 is 0 Å². The van der Waals surface area contributed by atoms with Crippen LogP contribution >= 0.6 is 0 Å². The van der Waals surface area contributed by atoms with Crippen molar-refractivity contribution in [2.75, 3.05) is 7.11 Å². The highest BCUT2D eigenvalue weighted by Gasteiger charge is 2.15. The summed E-state index contributed by atoms with van der Waals surface area (Å²) in [5.74, 6) is 0.451. The predicted octanol–water partition coefficient (Wildman–Crippen LogP) is 3.00. The molecule has 0 fully saturated rings. The summed E-state index contributed by atoms with van der Waals surface area (Å²) in [5.41, 5.74) is 4.45. The highest BCUT2D eigenvalue weighted by Crippen LogP contribution is 2.24. The molecule has 1 aromatic carbocycles. The maximum absolute atomic E-state index is 12.4. The Morgan fingerprint density at radius 1 is 1.25 bits per heavy atom. The number of carbonyl (C=O) groups is 1. The van der Waals surface area contributed by atoms with E-state index in [1.165, 1.54) is 31.1 Å². The number of rotatable bonds is 4. The SMILES string of the molecule is COc1ncccc1C(=O)Cc1ccc2c(c1)CCC2. The van der Waals surface area contributed by atoms with Gasteiger partial charge in [0.1, 0.15) is 0 Å². The molecule has 1 aromatic heterocycles. The zero-order chi connectivity index (χ0) is 13.9. The number of aromatic nitrogens is 1. The molecule has 1 aliphatic rings. The molecule has 0 atom stereocenters. The molecule has 1 heterocycles. The van der Waals surface area contributed by atoms with E-state index in [2.05, 4.69) is 23.2 Å². The fourth-order valence-corrected chi connectivity index (χ4v) is 2.78. The zero-order valence-electron chi connectivity index (χ0n) is 11.6. The van der Waals surface area contributed by atoms with Gasteiger partial charge in [0.05, 0.1) is 12.7 Å². The van der Waals surface area contributed by atoms with E-state index in [9.17, 15) is 4.79 Å². The summed E-state index contributed by atoms with van der Waals surface area (Å²) < 4.78 is 5.15. The van der Waals surface area contributed by atoms with Crippen LogP contribution in [0.2, 0.25) is 0 Å². The van der Waals surface area contributed by atoms with Crippen LogP contribution in [0.1, 0.15) is 33.5 Å². The van der Waals surface area contributed by atoms with Crippen molar-refractivity contribution in [1.82, 2.24) is 4.98 Å². The van der Waals surface area contributed by atoms with Crippen molar-refractivity contribution in [3.63, 3.8) is 0 Å². The van der Waals surface area contributed by atoms with Crippen molar-refractivity contribution >= 4 is 5.78 Å². The maximum Gasteiger partial charge on any atom is 0.224 e. The number of Topliss-reactive ketones (excluding diaryl/α,β-unsaturated/α-hetero) is 1. The van der Waals surface area contributed by atoms with Crippen molar-refractivity contribution in [3.05, 3.63) is 58.8 Å². The summed E-state index contributed by atoms with van der Waals surface area (Å²) in [4.78, 5) is 16.4. The van der Waals surface area contributed by atoms with E-state index in [-0.39, 0.29) is 5.78 Å². The fourth-order valence-electron chi connectivity index (χ4n) is 2.78. The van der Waals surface area contributed by atoms with Gasteiger partial charge in [-0.2, -0.15) is 0 Å². The van der Waals surface area contributed by atoms with Gasteiger partial charge in [-0.15, -0.1) is 0 Å². The van der Waals surface area contributed by atoms with Gasteiger partial charge in [-0.1, -0.05) is 18.2 Å². The Morgan fingerprint density at radius 2 is 2.10 bits per heavy atom. The van der Waals surface area contributed by atoms with E-state index in [1.807, 2.05) is 0 Å². The zero-order valence-corrected chi connectivity index (χ0v) is 11.6. The second kappa shape index (κ2) is 5.45. The first-order valence-electron chi connectivity index (χ1n) is 6.91. The molecule has 0 bridgehead atoms. The van der Waals surface area contributed by atoms with Crippen molar-refractivity contribution in [2.45, 2.75) is 25.7 Å². The standard InChI is InChI=1S/C17H17NO2/c1-20-17-15(6-3-9-18-17)16(19)11-12-7-8-13-4-2-5-14(13)10-12/h3,6-10H,2,4-5,11H2,1H3. The van der Waals surface area contributed by atoms with E-state index in [0.29, 0.717) is 17.9 Å². The van der Waals surface area contributed by atoms with Crippen LogP contribution in [0.15, 0.2) is 36.5 Å². The van der Waals surface area contributed by atoms with Crippen molar-refractivity contribution in [3.8, 4) is 5.88 Å². The Balaban J connectivity index is 1.82. The van der Waals surface area contributed by atoms with E-state index in [4.69, 9.17) is 4.74 Å². The van der Waals surface area contributed by atoms with E-state index < -0.39 is 0 Å². The van der Waals surface area contributed by atoms with Crippen LogP contribution in [0.5, 0.6) is 5.88 Å². The van der Waals surface area contributed by atoms with Gasteiger partial charge in [0, 0.05) is 12.6 Å². The molecule has 3 rings (SSSR count). The Kier molecular flexibility index (Phi) is 3.50. The average molecular weight is 267 g/mol. The Bertz CT molecular complexity index is 649. The molecular weight excluding hydrogens is 250 g/mol. The number of fused-ring (bicyclic) bond motifs is 1. The number of ketones is 1. The van der Waals surface area contributed by atoms with Crippen LogP contribution in [0.3, 0.4) is 0 Å². The molecule has 0 amide bonds. The lowest BCUT2D eigenvalue weighted by Gasteiger charge is -2.07. The summed E-state index contributed by atoms with van der Waals surface area (Å²) in [6.07, 6.45) is 5.55. The minimum atomic E-state index is 0.0490. The molecular formula is C17H17NO2. The number of methoxy groups -OCH3 is 1. The van der Waals surface area contributed by atoms with Crippen LogP contribution in [0, 0.1) is 0 Å². The smallest absolute Gasteiger partial charge is 0.224 e. The van der Waals surface area contributed by atoms with Gasteiger partial charge in [0.25, 0.3) is 0 Å². The summed E-state index contributed by atoms with van der Waals surface area (Å²) in [6, 6.07) is 9.92. The van der Waals surface area contributed by atoms with Crippen molar-refractivity contribution in [1.29, 1.82) is 0 Å². The van der Waals surface area contributed by atoms with Gasteiger partial charge in [-0.3, -0.25) is 4.79 Å². The predicted molar refractivity (Wildman–Crippen MR) is 77.3 cm³/mol. The molecule has 0 saturated carbocycles. The third-order valence-electron chi connectivity index (χ3n) is 3.79. The highest BCUT2D eigenvalue weighted by molar-refractivity contribution is 5.99. The molecule has 0 saturated heterocycles. The Labute approximate surface area is 118 Å². The molecule has 0 aliphatic heterocycles. The summed E-state index contributed by atoms with van der Waals surface area (Å²) in [6.45, 7) is 0. The summed E-state index contributed by atoms with van der Waals surface area (Å²) in [5, 5.41) is 0. The molecule has 0 N–H and O–H groups in total. The number of carbonyl (C=O) groups excluding carboxylic acids is 1. The average Bonchev–Trinajstić information content (AvgIpc) is 2.94. The number of pyridine rings is 1. The van der Waals surface area contributed by atoms with Crippen LogP contribution in [-0.4, -0.2) is 17.9 Å². The molecule has 20 heavy (non-hydrogen) atoms. The molecule has 3 nitrogen and oxygen atoms in total. The number of hydrogen-bond donors (Lipinski definition) is 0. The van der Waals surface area contributed by atoms with Gasteiger partial charge in [-0.25, -0.2) is 4.98 Å². The molecule has 0 spiro atoms. The quantitative estimate of drug-likeness (QED) is 0.799. The first kappa shape index (κ1) is 12.9. The molecule has 0 unspecified atom stereocenters. The summed E-state index contributed by atoms with van der Waals surface area (Å²) >= 11 is 0. The van der Waals surface area contributed by atoms with E-state index in [0.717, 1.165) is 12.0 Å². The van der Waals surface area contributed by atoms with Gasteiger partial charge < -0.3 is 4.74 Å². The second-order valence-corrected chi connectivity index (χ2v) is 5.12. The topological polar surface area (TPSA) is 39.2 Å². The Morgan fingerprint density at radius 3 is 2.95 bits per heavy atom. The highest BCUT2D eigenvalue weighted by atomic mass is 16.5. The lowest BCUT2D eigenvalue weighted by molar-refractivity contribution is 0.0989. The largest absolute Gasteiger partial charge is 0.480 e. The van der Waals surface area contributed by atoms with Crippen LogP contribution < -0.4 is 4.74 Å². The van der Waals surface area contributed by atoms with Gasteiger partial charge in [0.15, 0.2) is 5.78 Å². The monoisotopic (exact) mass is 267 g/mol. The number of benzene rings is 1. The molecule has 0 radical (unpaired) electrons. The lowest BCUT2D eigenvalue weighted by atomic mass is 10.00. The van der Waals surface area contributed by atoms with Gasteiger partial charge in [-0.05, 0) is 48.1 Å². The van der Waals surface area contributed by atoms with Crippen LogP contribution in [0.25, 0.3) is 0 Å². The van der Waals surface area contributed by atoms with Crippen LogP contribution in [0.4, 0.5) is 0 Å². The number of aryl methyl sites for hydroxylation is 2. The minimum absolute atomic E-state index is 0.0490. The summed E-state index contributed by atoms with van der Waals surface area (Å²) in [7, 11) is 1.54. The molecule has 2 aromatic rings. The molecule has 1 aliphatic carbocycles. The minimum Gasteiger partial charge on any atom is -0.480 e. The third kappa shape index (κ3) is 2.44. The van der Waals surface area contributed by atoms with Crippen LogP contribution in [-0.2, 0) is 19.3 Å². The van der Waals surface area contributed by atoms with Gasteiger partial charge in [0.2, 0.25) is 5.88 Å². The first-order chi connectivity index (χ1) is 9.78. The number of ether oxygens (including phenoxy) is 1. The number of hydrogen-bond acceptors (Lipinski definition) is 3. The lowest BCUT2D eigenvalue weighted by Crippen LogP contribution is -2.07. The molecule has 102 valence electrons. The normalized spacial score (nSPS) is 13.1. The second-order valence-electron chi connectivity index (χ2n) is 5.12. The first-order valence-corrected chi connectivity index (χ1v) is 6.91. The van der Waals surface area contributed by atoms with Crippen molar-refractivity contribution in [2.24, 2.45) is 0 Å². The Hall–Kier alpha value is -2.16. The van der Waals surface area contributed by atoms with E-state index in [1.54, 1.807) is 18.3 Å². The third-order valence-corrected chi connectivity index (χ3v) is 3.79. The number of nitrogens with zero attached hydrogens (tertiary/aromatic N) is 1. The fraction of sp³-hybridized carbons (Fsp3) is 0.294. The molecule has 3 heteroatoms. The maximum atomic E-state index is 12.4.